The Kier molecular flexibility index (Phi) is 4.37. The van der Waals surface area contributed by atoms with Gasteiger partial charge in [-0.1, -0.05) is 23.2 Å². The summed E-state index contributed by atoms with van der Waals surface area (Å²) >= 11 is 12.1. The van der Waals surface area contributed by atoms with Gasteiger partial charge < -0.3 is 9.30 Å². The van der Waals surface area contributed by atoms with E-state index in [0.29, 0.717) is 22.2 Å². The number of alkyl halides is 2. The number of hydrazone groups is 1. The number of imidazole rings is 1. The number of fused-ring (bicyclic) bond motifs is 1. The highest BCUT2D eigenvalue weighted by Crippen LogP contribution is 2.27. The van der Waals surface area contributed by atoms with E-state index in [1.807, 2.05) is 4.57 Å². The minimum absolute atomic E-state index is 0.446. The molecule has 0 saturated carbocycles. The molecule has 0 fully saturated rings. The highest BCUT2D eigenvalue weighted by atomic mass is 35.5. The van der Waals surface area contributed by atoms with Crippen molar-refractivity contribution >= 4 is 40.1 Å². The molecule has 1 unspecified atom stereocenters. The Bertz CT molecular complexity index is 990. The van der Waals surface area contributed by atoms with Gasteiger partial charge in [-0.2, -0.15) is 8.78 Å². The van der Waals surface area contributed by atoms with Crippen LogP contribution >= 0.6 is 23.2 Å². The first-order chi connectivity index (χ1) is 12.5. The summed E-state index contributed by atoms with van der Waals surface area (Å²) in [6, 6.07) is 6.98. The van der Waals surface area contributed by atoms with Gasteiger partial charge in [0.1, 0.15) is 0 Å². The topological polar surface area (TPSA) is 64.3 Å². The van der Waals surface area contributed by atoms with E-state index in [2.05, 4.69) is 20.5 Å². The van der Waals surface area contributed by atoms with Crippen molar-refractivity contribution in [2.75, 3.05) is 0 Å². The third-order valence-electron chi connectivity index (χ3n) is 3.86. The molecule has 1 aliphatic heterocycles. The zero-order chi connectivity index (χ0) is 18.3. The maximum absolute atomic E-state index is 12.5. The molecular formula is C16H11Cl2F2N5O. The predicted octanol–water partition coefficient (Wildman–Crippen LogP) is 3.98. The molecule has 2 aromatic heterocycles. The SMILES string of the molecule is FC(F)C1=NNC(c2ccc(Cn3cnc4cc(Cl)c(Cl)cc43)nc2)O1. The Labute approximate surface area is 156 Å². The van der Waals surface area contributed by atoms with E-state index in [4.69, 9.17) is 27.9 Å². The van der Waals surface area contributed by atoms with Crippen molar-refractivity contribution < 1.29 is 13.5 Å². The summed E-state index contributed by atoms with van der Waals surface area (Å²) in [4.78, 5) is 8.65. The van der Waals surface area contributed by atoms with E-state index in [1.54, 1.807) is 36.8 Å². The third-order valence-corrected chi connectivity index (χ3v) is 4.59. The van der Waals surface area contributed by atoms with Gasteiger partial charge in [0.2, 0.25) is 6.23 Å². The average Bonchev–Trinajstić information content (AvgIpc) is 3.25. The first-order valence-electron chi connectivity index (χ1n) is 7.54. The van der Waals surface area contributed by atoms with Crippen LogP contribution in [0.3, 0.4) is 0 Å². The van der Waals surface area contributed by atoms with Crippen LogP contribution < -0.4 is 5.43 Å². The number of nitrogens with zero attached hydrogens (tertiary/aromatic N) is 4. The van der Waals surface area contributed by atoms with Crippen LogP contribution in [-0.4, -0.2) is 26.9 Å². The zero-order valence-corrected chi connectivity index (χ0v) is 14.5. The summed E-state index contributed by atoms with van der Waals surface area (Å²) in [5.41, 5.74) is 5.43. The Morgan fingerprint density at radius 2 is 2.00 bits per heavy atom. The van der Waals surface area contributed by atoms with Crippen LogP contribution in [0.25, 0.3) is 11.0 Å². The zero-order valence-electron chi connectivity index (χ0n) is 13.0. The molecule has 0 saturated heterocycles. The molecule has 0 bridgehead atoms. The molecule has 6 nitrogen and oxygen atoms in total. The second kappa shape index (κ2) is 6.69. The summed E-state index contributed by atoms with van der Waals surface area (Å²) in [6.07, 6.45) is -0.290. The lowest BCUT2D eigenvalue weighted by atomic mass is 10.2. The van der Waals surface area contributed by atoms with Gasteiger partial charge in [-0.25, -0.2) is 4.98 Å². The maximum atomic E-state index is 12.5. The fourth-order valence-electron chi connectivity index (χ4n) is 2.58. The van der Waals surface area contributed by atoms with Crippen LogP contribution in [0, 0.1) is 0 Å². The van der Waals surface area contributed by atoms with Crippen LogP contribution in [0.15, 0.2) is 41.9 Å². The molecule has 134 valence electrons. The van der Waals surface area contributed by atoms with E-state index in [0.717, 1.165) is 16.7 Å². The standard InChI is InChI=1S/C16H11Cl2F2N5O/c17-10-3-12-13(4-11(10)18)25(7-22-12)6-9-2-1-8(5-21-9)15-23-24-16(26-15)14(19)20/h1-5,7,14-15,23H,6H2. The van der Waals surface area contributed by atoms with Crippen LogP contribution in [0.5, 0.6) is 0 Å². The lowest BCUT2D eigenvalue weighted by molar-refractivity contribution is 0.134. The van der Waals surface area contributed by atoms with Crippen LogP contribution in [0.2, 0.25) is 10.0 Å². The van der Waals surface area contributed by atoms with Gasteiger partial charge in [-0.3, -0.25) is 10.4 Å². The molecule has 1 N–H and O–H groups in total. The molecule has 4 rings (SSSR count). The third kappa shape index (κ3) is 3.17. The second-order valence-electron chi connectivity index (χ2n) is 5.59. The lowest BCUT2D eigenvalue weighted by Crippen LogP contribution is -2.15. The quantitative estimate of drug-likeness (QED) is 0.722. The van der Waals surface area contributed by atoms with Crippen molar-refractivity contribution in [1.29, 1.82) is 0 Å². The number of nitrogens with one attached hydrogen (secondary N) is 1. The summed E-state index contributed by atoms with van der Waals surface area (Å²) in [5.74, 6) is -0.625. The van der Waals surface area contributed by atoms with Crippen LogP contribution in [0.4, 0.5) is 8.78 Å². The molecule has 0 aliphatic carbocycles. The highest BCUT2D eigenvalue weighted by molar-refractivity contribution is 6.42. The van der Waals surface area contributed by atoms with Gasteiger partial charge >= 0.3 is 6.43 Å². The number of rotatable bonds is 4. The van der Waals surface area contributed by atoms with E-state index in [1.165, 1.54) is 0 Å². The number of ether oxygens (including phenoxy) is 1. The number of pyridine rings is 1. The first-order valence-corrected chi connectivity index (χ1v) is 8.29. The van der Waals surface area contributed by atoms with Crippen molar-refractivity contribution in [3.05, 3.63) is 58.1 Å². The normalized spacial score (nSPS) is 16.7. The minimum Gasteiger partial charge on any atom is -0.446 e. The van der Waals surface area contributed by atoms with Crippen LogP contribution in [0.1, 0.15) is 17.5 Å². The summed E-state index contributed by atoms with van der Waals surface area (Å²) < 4.78 is 32.0. The van der Waals surface area contributed by atoms with Gasteiger partial charge in [0.25, 0.3) is 5.90 Å². The fourth-order valence-corrected chi connectivity index (χ4v) is 2.89. The van der Waals surface area contributed by atoms with Crippen LogP contribution in [-0.2, 0) is 11.3 Å². The Hall–Kier alpha value is -2.45. The van der Waals surface area contributed by atoms with Crippen molar-refractivity contribution in [3.8, 4) is 0 Å². The smallest absolute Gasteiger partial charge is 0.314 e. The molecule has 3 heterocycles. The number of hydrogen-bond acceptors (Lipinski definition) is 5. The van der Waals surface area contributed by atoms with E-state index in [-0.39, 0.29) is 0 Å². The molecule has 3 aromatic rings. The summed E-state index contributed by atoms with van der Waals surface area (Å²) in [6.45, 7) is 0.465. The second-order valence-corrected chi connectivity index (χ2v) is 6.40. The molecule has 10 heteroatoms. The van der Waals surface area contributed by atoms with Gasteiger partial charge in [0.05, 0.1) is 39.6 Å². The van der Waals surface area contributed by atoms with Gasteiger partial charge in [-0.05, 0) is 24.3 Å². The Balaban J connectivity index is 1.51. The number of benzene rings is 1. The fraction of sp³-hybridized carbons (Fsp3) is 0.188. The average molecular weight is 398 g/mol. The Morgan fingerprint density at radius 1 is 1.19 bits per heavy atom. The molecule has 1 aliphatic rings. The van der Waals surface area contributed by atoms with E-state index >= 15 is 0 Å². The van der Waals surface area contributed by atoms with Crippen molar-refractivity contribution in [1.82, 2.24) is 20.0 Å². The molecule has 0 amide bonds. The highest BCUT2D eigenvalue weighted by Gasteiger charge is 2.27. The first kappa shape index (κ1) is 17.0. The molecule has 1 atom stereocenters. The van der Waals surface area contributed by atoms with E-state index < -0.39 is 18.6 Å². The minimum atomic E-state index is -2.76. The van der Waals surface area contributed by atoms with Gasteiger partial charge in [-0.15, -0.1) is 5.10 Å². The monoisotopic (exact) mass is 397 g/mol. The molecular weight excluding hydrogens is 387 g/mol. The molecule has 0 radical (unpaired) electrons. The largest absolute Gasteiger partial charge is 0.446 e. The number of hydrogen-bond donors (Lipinski definition) is 1. The van der Waals surface area contributed by atoms with Gasteiger partial charge in [0, 0.05) is 11.8 Å². The number of aromatic nitrogens is 3. The molecule has 0 spiro atoms. The summed E-state index contributed by atoms with van der Waals surface area (Å²) in [7, 11) is 0. The Morgan fingerprint density at radius 3 is 2.69 bits per heavy atom. The molecule has 26 heavy (non-hydrogen) atoms. The van der Waals surface area contributed by atoms with Crippen molar-refractivity contribution in [3.63, 3.8) is 0 Å². The van der Waals surface area contributed by atoms with Crippen molar-refractivity contribution in [2.45, 2.75) is 19.2 Å². The lowest BCUT2D eigenvalue weighted by Gasteiger charge is -2.11. The molecule has 1 aromatic carbocycles. The van der Waals surface area contributed by atoms with Crippen molar-refractivity contribution in [2.24, 2.45) is 5.10 Å². The maximum Gasteiger partial charge on any atom is 0.314 e. The number of halogens is 4. The predicted molar refractivity (Wildman–Crippen MR) is 93.5 cm³/mol. The van der Waals surface area contributed by atoms with E-state index in [9.17, 15) is 8.78 Å². The summed E-state index contributed by atoms with van der Waals surface area (Å²) in [5, 5.41) is 4.35. The van der Waals surface area contributed by atoms with Gasteiger partial charge in [0.15, 0.2) is 0 Å².